The molecule has 0 spiro atoms. The van der Waals surface area contributed by atoms with E-state index in [-0.39, 0.29) is 11.8 Å². The fourth-order valence-electron chi connectivity index (χ4n) is 1.55. The quantitative estimate of drug-likeness (QED) is 0.431. The normalized spacial score (nSPS) is 10.1. The number of esters is 1. The Balaban J connectivity index is 2.38. The van der Waals surface area contributed by atoms with Gasteiger partial charge in [0.05, 0.1) is 6.61 Å². The summed E-state index contributed by atoms with van der Waals surface area (Å²) in [4.78, 5) is 24.1. The third-order valence-electron chi connectivity index (χ3n) is 2.50. The first-order valence-corrected chi connectivity index (χ1v) is 7.22. The molecule has 0 aliphatic carbocycles. The van der Waals surface area contributed by atoms with Crippen molar-refractivity contribution in [2.45, 2.75) is 31.1 Å². The van der Waals surface area contributed by atoms with Crippen LogP contribution in [0.25, 0.3) is 0 Å². The Labute approximate surface area is 112 Å². The van der Waals surface area contributed by atoms with E-state index in [0.717, 1.165) is 4.90 Å². The van der Waals surface area contributed by atoms with Crippen LogP contribution in [0, 0.1) is 0 Å². The molecule has 0 aromatic heterocycles. The van der Waals surface area contributed by atoms with Gasteiger partial charge in [0.1, 0.15) is 0 Å². The van der Waals surface area contributed by atoms with E-state index in [2.05, 4.69) is 0 Å². The molecule has 0 radical (unpaired) electrons. The first-order valence-electron chi connectivity index (χ1n) is 6.00. The molecule has 1 aromatic rings. The van der Waals surface area contributed by atoms with Crippen molar-refractivity contribution in [2.75, 3.05) is 12.9 Å². The minimum Gasteiger partial charge on any atom is -0.466 e. The summed E-state index contributed by atoms with van der Waals surface area (Å²) in [6.07, 6.45) is 3.23. The van der Waals surface area contributed by atoms with Gasteiger partial charge in [-0.3, -0.25) is 9.59 Å². The number of carbonyl (C=O) groups is 2. The van der Waals surface area contributed by atoms with Crippen LogP contribution in [-0.2, 0) is 9.53 Å². The second kappa shape index (κ2) is 7.93. The summed E-state index contributed by atoms with van der Waals surface area (Å²) in [6, 6.07) is 7.53. The first-order chi connectivity index (χ1) is 8.67. The average molecular weight is 266 g/mol. The highest BCUT2D eigenvalue weighted by Crippen LogP contribution is 2.16. The Bertz CT molecular complexity index is 398. The molecule has 0 amide bonds. The van der Waals surface area contributed by atoms with Crippen molar-refractivity contribution in [3.63, 3.8) is 0 Å². The van der Waals surface area contributed by atoms with Gasteiger partial charge in [-0.15, -0.1) is 11.8 Å². The zero-order chi connectivity index (χ0) is 13.4. The Kier molecular flexibility index (Phi) is 6.50. The van der Waals surface area contributed by atoms with Gasteiger partial charge >= 0.3 is 5.97 Å². The lowest BCUT2D eigenvalue weighted by Crippen LogP contribution is -2.05. The number of rotatable bonds is 7. The summed E-state index contributed by atoms with van der Waals surface area (Å²) in [6.45, 7) is 2.17. The molecule has 18 heavy (non-hydrogen) atoms. The van der Waals surface area contributed by atoms with E-state index in [1.54, 1.807) is 18.7 Å². The summed E-state index contributed by atoms with van der Waals surface area (Å²) in [5.41, 5.74) is 0.705. The number of hydrogen-bond donors (Lipinski definition) is 0. The van der Waals surface area contributed by atoms with Crippen molar-refractivity contribution in [3.05, 3.63) is 29.8 Å². The third-order valence-corrected chi connectivity index (χ3v) is 3.25. The van der Waals surface area contributed by atoms with Crippen LogP contribution in [0.4, 0.5) is 0 Å². The lowest BCUT2D eigenvalue weighted by atomic mass is 10.1. The monoisotopic (exact) mass is 266 g/mol. The molecule has 0 aliphatic rings. The summed E-state index contributed by atoms with van der Waals surface area (Å²) < 4.78 is 4.81. The van der Waals surface area contributed by atoms with Crippen molar-refractivity contribution < 1.29 is 14.3 Å². The van der Waals surface area contributed by atoms with Crippen LogP contribution in [-0.4, -0.2) is 24.6 Å². The highest BCUT2D eigenvalue weighted by molar-refractivity contribution is 7.98. The molecule has 1 rings (SSSR count). The molecule has 3 nitrogen and oxygen atoms in total. The van der Waals surface area contributed by atoms with E-state index in [9.17, 15) is 9.59 Å². The van der Waals surface area contributed by atoms with Crippen molar-refractivity contribution >= 4 is 23.5 Å². The predicted octanol–water partition coefficient (Wildman–Crippen LogP) is 3.32. The fraction of sp³-hybridized carbons (Fsp3) is 0.429. The molecule has 4 heteroatoms. The maximum absolute atomic E-state index is 11.8. The van der Waals surface area contributed by atoms with Gasteiger partial charge in [0, 0.05) is 23.3 Å². The van der Waals surface area contributed by atoms with E-state index in [1.165, 1.54) is 0 Å². The zero-order valence-electron chi connectivity index (χ0n) is 10.8. The standard InChI is InChI=1S/C14H18O3S/c1-3-17-14(16)6-4-5-13(15)11-7-9-12(18-2)10-8-11/h7-10H,3-6H2,1-2H3. The largest absolute Gasteiger partial charge is 0.466 e. The molecule has 0 aliphatic heterocycles. The summed E-state index contributed by atoms with van der Waals surface area (Å²) >= 11 is 1.64. The van der Waals surface area contributed by atoms with Gasteiger partial charge < -0.3 is 4.74 Å². The number of hydrogen-bond acceptors (Lipinski definition) is 4. The molecule has 0 atom stereocenters. The number of thioether (sulfide) groups is 1. The smallest absolute Gasteiger partial charge is 0.305 e. The summed E-state index contributed by atoms with van der Waals surface area (Å²) in [5, 5.41) is 0. The van der Waals surface area contributed by atoms with Gasteiger partial charge in [0.2, 0.25) is 0 Å². The summed E-state index contributed by atoms with van der Waals surface area (Å²) in [5.74, 6) is -0.157. The second-order valence-corrected chi connectivity index (χ2v) is 4.69. The Hall–Kier alpha value is -1.29. The maximum Gasteiger partial charge on any atom is 0.305 e. The molecule has 98 valence electrons. The van der Waals surface area contributed by atoms with Crippen LogP contribution in [0.5, 0.6) is 0 Å². The Morgan fingerprint density at radius 3 is 2.39 bits per heavy atom. The first kappa shape index (κ1) is 14.8. The molecule has 0 unspecified atom stereocenters. The molecule has 0 N–H and O–H groups in total. The van der Waals surface area contributed by atoms with Crippen molar-refractivity contribution in [1.82, 2.24) is 0 Å². The highest BCUT2D eigenvalue weighted by atomic mass is 32.2. The molecular formula is C14H18O3S. The van der Waals surface area contributed by atoms with Gasteiger partial charge in [-0.1, -0.05) is 12.1 Å². The number of Topliss-reactive ketones (excluding diaryl/α,β-unsaturated/α-hetero) is 1. The SMILES string of the molecule is CCOC(=O)CCCC(=O)c1ccc(SC)cc1. The van der Waals surface area contributed by atoms with Crippen LogP contribution in [0.3, 0.4) is 0 Å². The fourth-order valence-corrected chi connectivity index (χ4v) is 1.96. The van der Waals surface area contributed by atoms with Crippen LogP contribution in [0.2, 0.25) is 0 Å². The topological polar surface area (TPSA) is 43.4 Å². The van der Waals surface area contributed by atoms with E-state index >= 15 is 0 Å². The molecule has 0 saturated heterocycles. The van der Waals surface area contributed by atoms with Crippen molar-refractivity contribution in [2.24, 2.45) is 0 Å². The average Bonchev–Trinajstić information content (AvgIpc) is 2.39. The predicted molar refractivity (Wildman–Crippen MR) is 73.0 cm³/mol. The van der Waals surface area contributed by atoms with Gasteiger partial charge in [0.15, 0.2) is 5.78 Å². The van der Waals surface area contributed by atoms with Crippen LogP contribution >= 0.6 is 11.8 Å². The van der Waals surface area contributed by atoms with E-state index in [1.807, 2.05) is 30.5 Å². The zero-order valence-corrected chi connectivity index (χ0v) is 11.6. The van der Waals surface area contributed by atoms with E-state index in [4.69, 9.17) is 4.74 Å². The van der Waals surface area contributed by atoms with Crippen LogP contribution < -0.4 is 0 Å². The lowest BCUT2D eigenvalue weighted by Gasteiger charge is -2.03. The molecule has 0 saturated carbocycles. The minimum absolute atomic E-state index is 0.0759. The molecule has 1 aromatic carbocycles. The highest BCUT2D eigenvalue weighted by Gasteiger charge is 2.08. The minimum atomic E-state index is -0.233. The van der Waals surface area contributed by atoms with Crippen LogP contribution in [0.1, 0.15) is 36.5 Å². The number of ketones is 1. The second-order valence-electron chi connectivity index (χ2n) is 3.81. The number of ether oxygens (including phenoxy) is 1. The molecule has 0 fully saturated rings. The van der Waals surface area contributed by atoms with Gasteiger partial charge in [-0.25, -0.2) is 0 Å². The van der Waals surface area contributed by atoms with Crippen molar-refractivity contribution in [3.8, 4) is 0 Å². The lowest BCUT2D eigenvalue weighted by molar-refractivity contribution is -0.143. The Morgan fingerprint density at radius 1 is 1.17 bits per heavy atom. The maximum atomic E-state index is 11.8. The molecule has 0 bridgehead atoms. The van der Waals surface area contributed by atoms with E-state index in [0.29, 0.717) is 31.4 Å². The number of benzene rings is 1. The summed E-state index contributed by atoms with van der Waals surface area (Å²) in [7, 11) is 0. The van der Waals surface area contributed by atoms with Crippen molar-refractivity contribution in [1.29, 1.82) is 0 Å². The van der Waals surface area contributed by atoms with Gasteiger partial charge in [0.25, 0.3) is 0 Å². The molecule has 0 heterocycles. The number of carbonyl (C=O) groups excluding carboxylic acids is 2. The Morgan fingerprint density at radius 2 is 1.83 bits per heavy atom. The molecular weight excluding hydrogens is 248 g/mol. The third kappa shape index (κ3) is 4.92. The van der Waals surface area contributed by atoms with Crippen LogP contribution in [0.15, 0.2) is 29.2 Å². The van der Waals surface area contributed by atoms with Gasteiger partial charge in [-0.2, -0.15) is 0 Å². The van der Waals surface area contributed by atoms with E-state index < -0.39 is 0 Å². The van der Waals surface area contributed by atoms with Gasteiger partial charge in [-0.05, 0) is 31.7 Å².